The van der Waals surface area contributed by atoms with Gasteiger partial charge in [-0.2, -0.15) is 0 Å². The van der Waals surface area contributed by atoms with Crippen molar-refractivity contribution in [1.29, 1.82) is 0 Å². The van der Waals surface area contributed by atoms with Crippen molar-refractivity contribution in [2.24, 2.45) is 0 Å². The van der Waals surface area contributed by atoms with E-state index >= 15 is 0 Å². The van der Waals surface area contributed by atoms with E-state index in [1.165, 1.54) is 38.6 Å². The summed E-state index contributed by atoms with van der Waals surface area (Å²) in [6.07, 6.45) is 2.80. The fraction of sp³-hybridized carbons (Fsp3) is 0.111. The largest absolute Gasteiger partial charge is 0.490 e. The number of nitro groups is 1. The number of pyridine rings is 1. The third-order valence-electron chi connectivity index (χ3n) is 4.06. The summed E-state index contributed by atoms with van der Waals surface area (Å²) in [6, 6.07) is 5.15. The molecule has 2 amide bonds. The lowest BCUT2D eigenvalue weighted by molar-refractivity contribution is -0.385. The van der Waals surface area contributed by atoms with Gasteiger partial charge in [-0.05, 0) is 25.1 Å². The number of nitrogens with one attached hydrogen (secondary N) is 2. The first-order valence-corrected chi connectivity index (χ1v) is 8.14. The number of benzene rings is 1. The first-order chi connectivity index (χ1) is 13.8. The molecule has 0 unspecified atom stereocenters. The molecule has 0 saturated carbocycles. The molecule has 0 saturated heterocycles. The van der Waals surface area contributed by atoms with Crippen LogP contribution in [0.2, 0.25) is 0 Å². The predicted octanol–water partition coefficient (Wildman–Crippen LogP) is 1.49. The summed E-state index contributed by atoms with van der Waals surface area (Å²) < 4.78 is 10.2. The van der Waals surface area contributed by atoms with E-state index in [-0.39, 0.29) is 33.5 Å². The van der Waals surface area contributed by atoms with Gasteiger partial charge in [0.25, 0.3) is 11.8 Å². The SMILES string of the molecule is COc1c([N+](=O)[O-])cc2cc(C(=O)NNC(=O)c3ccncc3)c(=O)oc2c1C. The molecule has 0 aliphatic rings. The van der Waals surface area contributed by atoms with Crippen LogP contribution in [0, 0.1) is 17.0 Å². The minimum absolute atomic E-state index is 0.0486. The van der Waals surface area contributed by atoms with Crippen molar-refractivity contribution in [2.45, 2.75) is 6.92 Å². The number of nitro benzene ring substituents is 1. The van der Waals surface area contributed by atoms with Crippen LogP contribution in [0.5, 0.6) is 5.75 Å². The molecule has 3 aromatic rings. The highest BCUT2D eigenvalue weighted by atomic mass is 16.6. The van der Waals surface area contributed by atoms with Gasteiger partial charge in [0.1, 0.15) is 11.1 Å². The second-order valence-corrected chi connectivity index (χ2v) is 5.82. The number of hydrogen-bond donors (Lipinski definition) is 2. The zero-order valence-electron chi connectivity index (χ0n) is 15.2. The molecule has 1 aromatic carbocycles. The molecule has 29 heavy (non-hydrogen) atoms. The molecule has 3 rings (SSSR count). The van der Waals surface area contributed by atoms with E-state index in [4.69, 9.17) is 9.15 Å². The van der Waals surface area contributed by atoms with Crippen LogP contribution in [-0.2, 0) is 0 Å². The van der Waals surface area contributed by atoms with E-state index in [1.54, 1.807) is 0 Å². The Labute approximate surface area is 162 Å². The van der Waals surface area contributed by atoms with Gasteiger partial charge in [0, 0.05) is 35.0 Å². The Balaban J connectivity index is 1.94. The summed E-state index contributed by atoms with van der Waals surface area (Å²) in [5.74, 6) is -1.62. The van der Waals surface area contributed by atoms with E-state index < -0.39 is 27.9 Å². The van der Waals surface area contributed by atoms with E-state index in [2.05, 4.69) is 15.8 Å². The molecule has 0 radical (unpaired) electrons. The molecule has 0 atom stereocenters. The van der Waals surface area contributed by atoms with E-state index in [1.807, 2.05) is 0 Å². The zero-order chi connectivity index (χ0) is 21.1. The third-order valence-corrected chi connectivity index (χ3v) is 4.06. The van der Waals surface area contributed by atoms with Crippen molar-refractivity contribution in [2.75, 3.05) is 7.11 Å². The molecular formula is C18H14N4O7. The fourth-order valence-electron chi connectivity index (χ4n) is 2.70. The van der Waals surface area contributed by atoms with Gasteiger partial charge in [-0.3, -0.25) is 35.5 Å². The van der Waals surface area contributed by atoms with Crippen LogP contribution in [-0.4, -0.2) is 28.8 Å². The third kappa shape index (κ3) is 3.74. The van der Waals surface area contributed by atoms with E-state index in [9.17, 15) is 24.5 Å². The van der Waals surface area contributed by atoms with Crippen LogP contribution in [0.3, 0.4) is 0 Å². The number of hydrazine groups is 1. The minimum Gasteiger partial charge on any atom is -0.490 e. The predicted molar refractivity (Wildman–Crippen MR) is 99.6 cm³/mol. The quantitative estimate of drug-likeness (QED) is 0.381. The molecule has 11 heteroatoms. The Kier molecular flexibility index (Phi) is 5.21. The minimum atomic E-state index is -0.979. The van der Waals surface area contributed by atoms with Crippen LogP contribution in [0.15, 0.2) is 45.9 Å². The van der Waals surface area contributed by atoms with Gasteiger partial charge in [0.15, 0.2) is 0 Å². The van der Waals surface area contributed by atoms with Gasteiger partial charge in [0.05, 0.1) is 12.0 Å². The number of nitrogens with zero attached hydrogens (tertiary/aromatic N) is 2. The Morgan fingerprint density at radius 3 is 2.45 bits per heavy atom. The number of carbonyl (C=O) groups is 2. The molecule has 2 N–H and O–H groups in total. The smallest absolute Gasteiger partial charge is 0.349 e. The summed E-state index contributed by atoms with van der Waals surface area (Å²) >= 11 is 0. The molecule has 0 aliphatic carbocycles. The highest BCUT2D eigenvalue weighted by Gasteiger charge is 2.23. The van der Waals surface area contributed by atoms with Crippen LogP contribution < -0.4 is 21.2 Å². The molecule has 0 spiro atoms. The standard InChI is InChI=1S/C18H14N4O7/c1-9-14-11(8-13(22(26)27)15(9)28-2)7-12(18(25)29-14)17(24)21-20-16(23)10-3-5-19-6-4-10/h3-8H,1-2H3,(H,20,23)(H,21,24). The summed E-state index contributed by atoms with van der Waals surface area (Å²) in [7, 11) is 1.26. The highest BCUT2D eigenvalue weighted by Crippen LogP contribution is 2.36. The zero-order valence-corrected chi connectivity index (χ0v) is 15.2. The monoisotopic (exact) mass is 398 g/mol. The van der Waals surface area contributed by atoms with Crippen molar-refractivity contribution >= 4 is 28.5 Å². The first kappa shape index (κ1) is 19.5. The van der Waals surface area contributed by atoms with Crippen LogP contribution in [0.4, 0.5) is 5.69 Å². The van der Waals surface area contributed by atoms with E-state index in [0.29, 0.717) is 0 Å². The maximum Gasteiger partial charge on any atom is 0.349 e. The van der Waals surface area contributed by atoms with Crippen molar-refractivity contribution in [1.82, 2.24) is 15.8 Å². The van der Waals surface area contributed by atoms with Crippen molar-refractivity contribution < 1.29 is 23.7 Å². The number of amides is 2. The van der Waals surface area contributed by atoms with Crippen LogP contribution >= 0.6 is 0 Å². The highest BCUT2D eigenvalue weighted by molar-refractivity contribution is 6.00. The average Bonchev–Trinajstić information content (AvgIpc) is 2.72. The Hall–Kier alpha value is -4.28. The first-order valence-electron chi connectivity index (χ1n) is 8.14. The van der Waals surface area contributed by atoms with Crippen molar-refractivity contribution in [3.05, 3.63) is 73.9 Å². The normalized spacial score (nSPS) is 10.4. The molecule has 0 bridgehead atoms. The molecule has 2 heterocycles. The van der Waals surface area contributed by atoms with E-state index in [0.717, 1.165) is 12.1 Å². The fourth-order valence-corrected chi connectivity index (χ4v) is 2.70. The number of rotatable bonds is 4. The Morgan fingerprint density at radius 2 is 1.83 bits per heavy atom. The van der Waals surface area contributed by atoms with Crippen molar-refractivity contribution in [3.8, 4) is 5.75 Å². The van der Waals surface area contributed by atoms with Gasteiger partial charge in [0.2, 0.25) is 5.75 Å². The molecule has 0 aliphatic heterocycles. The second kappa shape index (κ2) is 7.76. The number of hydrogen-bond acceptors (Lipinski definition) is 8. The number of fused-ring (bicyclic) bond motifs is 1. The van der Waals surface area contributed by atoms with Gasteiger partial charge < -0.3 is 9.15 Å². The lowest BCUT2D eigenvalue weighted by Crippen LogP contribution is -2.43. The summed E-state index contributed by atoms with van der Waals surface area (Å²) in [5.41, 5.74) is 3.03. The lowest BCUT2D eigenvalue weighted by atomic mass is 10.1. The number of aryl methyl sites for hydroxylation is 1. The molecule has 0 fully saturated rings. The maximum absolute atomic E-state index is 12.3. The van der Waals surface area contributed by atoms with Gasteiger partial charge in [-0.25, -0.2) is 4.79 Å². The Bertz CT molecular complexity index is 1190. The molecule has 2 aromatic heterocycles. The number of carbonyl (C=O) groups excluding carboxylic acids is 2. The second-order valence-electron chi connectivity index (χ2n) is 5.82. The summed E-state index contributed by atoms with van der Waals surface area (Å²) in [6.45, 7) is 1.49. The van der Waals surface area contributed by atoms with Crippen molar-refractivity contribution in [3.63, 3.8) is 0 Å². The van der Waals surface area contributed by atoms with Gasteiger partial charge in [-0.15, -0.1) is 0 Å². The van der Waals surface area contributed by atoms with Gasteiger partial charge in [-0.1, -0.05) is 0 Å². The molecular weight excluding hydrogens is 384 g/mol. The number of aromatic nitrogens is 1. The van der Waals surface area contributed by atoms with Gasteiger partial charge >= 0.3 is 11.3 Å². The molecule has 11 nitrogen and oxygen atoms in total. The Morgan fingerprint density at radius 1 is 1.17 bits per heavy atom. The topological polar surface area (TPSA) is 154 Å². The average molecular weight is 398 g/mol. The van der Waals surface area contributed by atoms with Crippen LogP contribution in [0.1, 0.15) is 26.3 Å². The number of methoxy groups -OCH3 is 1. The summed E-state index contributed by atoms with van der Waals surface area (Å²) in [4.78, 5) is 50.9. The lowest BCUT2D eigenvalue weighted by Gasteiger charge is -2.10. The maximum atomic E-state index is 12.3. The summed E-state index contributed by atoms with van der Waals surface area (Å²) in [5, 5.41) is 11.4. The number of ether oxygens (including phenoxy) is 1. The molecule has 148 valence electrons. The van der Waals surface area contributed by atoms with Crippen LogP contribution in [0.25, 0.3) is 11.0 Å².